The molecule has 1 aromatic rings. The van der Waals surface area contributed by atoms with Crippen LogP contribution >= 0.6 is 0 Å². The van der Waals surface area contributed by atoms with Crippen LogP contribution in [0.5, 0.6) is 5.75 Å². The summed E-state index contributed by atoms with van der Waals surface area (Å²) in [4.78, 5) is 16.9. The van der Waals surface area contributed by atoms with E-state index in [0.717, 1.165) is 49.7 Å². The molecule has 25 heavy (non-hydrogen) atoms. The molecular formula is C21H28N2O2. The highest BCUT2D eigenvalue weighted by molar-refractivity contribution is 5.77. The summed E-state index contributed by atoms with van der Waals surface area (Å²) in [6.07, 6.45) is 7.58. The SMILES string of the molecule is Cc1ccc(OCC(=O)N2CCN(C[C@H]3C[C@H]4C=C[C@H]3C4)CC2)cc1. The zero-order chi connectivity index (χ0) is 17.2. The van der Waals surface area contributed by atoms with Gasteiger partial charge in [-0.3, -0.25) is 9.69 Å². The molecule has 2 aliphatic carbocycles. The molecule has 2 bridgehead atoms. The first-order valence-electron chi connectivity index (χ1n) is 9.55. The third kappa shape index (κ3) is 3.90. The maximum atomic E-state index is 12.4. The molecular weight excluding hydrogens is 312 g/mol. The van der Waals surface area contributed by atoms with Gasteiger partial charge in [0.25, 0.3) is 5.91 Å². The fourth-order valence-corrected chi connectivity index (χ4v) is 4.49. The minimum absolute atomic E-state index is 0.100. The highest BCUT2D eigenvalue weighted by atomic mass is 16.5. The van der Waals surface area contributed by atoms with Crippen molar-refractivity contribution < 1.29 is 9.53 Å². The molecule has 3 aliphatic rings. The van der Waals surface area contributed by atoms with E-state index in [0.29, 0.717) is 0 Å². The molecule has 1 saturated heterocycles. The van der Waals surface area contributed by atoms with Gasteiger partial charge in [-0.25, -0.2) is 0 Å². The number of piperazine rings is 1. The summed E-state index contributed by atoms with van der Waals surface area (Å²) >= 11 is 0. The van der Waals surface area contributed by atoms with Crippen LogP contribution in [0.1, 0.15) is 18.4 Å². The van der Waals surface area contributed by atoms with Gasteiger partial charge in [0.15, 0.2) is 6.61 Å². The van der Waals surface area contributed by atoms with Crippen molar-refractivity contribution in [2.24, 2.45) is 17.8 Å². The Bertz CT molecular complexity index is 632. The molecule has 4 nitrogen and oxygen atoms in total. The average molecular weight is 340 g/mol. The zero-order valence-electron chi connectivity index (χ0n) is 15.1. The van der Waals surface area contributed by atoms with Crippen LogP contribution in [0.15, 0.2) is 36.4 Å². The molecule has 1 saturated carbocycles. The average Bonchev–Trinajstić information content (AvgIpc) is 3.25. The van der Waals surface area contributed by atoms with Crippen LogP contribution in [0.2, 0.25) is 0 Å². The lowest BCUT2D eigenvalue weighted by Gasteiger charge is -2.36. The summed E-state index contributed by atoms with van der Waals surface area (Å²) in [5.74, 6) is 3.36. The number of aryl methyl sites for hydroxylation is 1. The summed E-state index contributed by atoms with van der Waals surface area (Å²) in [5.41, 5.74) is 1.20. The van der Waals surface area contributed by atoms with Crippen LogP contribution in [0.4, 0.5) is 0 Å². The minimum Gasteiger partial charge on any atom is -0.484 e. The Morgan fingerprint density at radius 3 is 2.48 bits per heavy atom. The van der Waals surface area contributed by atoms with E-state index in [1.54, 1.807) is 0 Å². The topological polar surface area (TPSA) is 32.8 Å². The summed E-state index contributed by atoms with van der Waals surface area (Å²) in [7, 11) is 0. The van der Waals surface area contributed by atoms with Crippen LogP contribution in [0, 0.1) is 24.7 Å². The van der Waals surface area contributed by atoms with Gasteiger partial charge in [-0.2, -0.15) is 0 Å². The number of fused-ring (bicyclic) bond motifs is 2. The van der Waals surface area contributed by atoms with E-state index in [4.69, 9.17) is 4.74 Å². The van der Waals surface area contributed by atoms with Crippen LogP contribution in [0.3, 0.4) is 0 Å². The van der Waals surface area contributed by atoms with Crippen molar-refractivity contribution in [1.29, 1.82) is 0 Å². The van der Waals surface area contributed by atoms with Gasteiger partial charge in [0.2, 0.25) is 0 Å². The molecule has 1 aromatic carbocycles. The molecule has 3 atom stereocenters. The highest BCUT2D eigenvalue weighted by Gasteiger charge is 2.36. The Kier molecular flexibility index (Phi) is 4.80. The van der Waals surface area contributed by atoms with Crippen molar-refractivity contribution in [2.45, 2.75) is 19.8 Å². The smallest absolute Gasteiger partial charge is 0.260 e. The van der Waals surface area contributed by atoms with E-state index in [9.17, 15) is 4.79 Å². The van der Waals surface area contributed by atoms with Crippen molar-refractivity contribution in [1.82, 2.24) is 9.80 Å². The predicted octanol–water partition coefficient (Wildman–Crippen LogP) is 2.73. The third-order valence-corrected chi connectivity index (χ3v) is 6.02. The largest absolute Gasteiger partial charge is 0.484 e. The third-order valence-electron chi connectivity index (χ3n) is 6.02. The minimum atomic E-state index is 0.100. The zero-order valence-corrected chi connectivity index (χ0v) is 15.1. The number of hydrogen-bond acceptors (Lipinski definition) is 3. The molecule has 1 aliphatic heterocycles. The lowest BCUT2D eigenvalue weighted by Crippen LogP contribution is -2.51. The second-order valence-electron chi connectivity index (χ2n) is 7.82. The molecule has 0 N–H and O–H groups in total. The van der Waals surface area contributed by atoms with Gasteiger partial charge >= 0.3 is 0 Å². The number of nitrogens with zero attached hydrogens (tertiary/aromatic N) is 2. The first-order valence-corrected chi connectivity index (χ1v) is 9.55. The van der Waals surface area contributed by atoms with Crippen molar-refractivity contribution in [3.63, 3.8) is 0 Å². The van der Waals surface area contributed by atoms with Crippen LogP contribution in [-0.4, -0.2) is 55.0 Å². The summed E-state index contributed by atoms with van der Waals surface area (Å²) in [5, 5.41) is 0. The second kappa shape index (κ2) is 7.20. The van der Waals surface area contributed by atoms with E-state index in [1.165, 1.54) is 24.9 Å². The van der Waals surface area contributed by atoms with E-state index in [1.807, 2.05) is 36.1 Å². The molecule has 0 aromatic heterocycles. The van der Waals surface area contributed by atoms with Crippen LogP contribution < -0.4 is 4.74 Å². The van der Waals surface area contributed by atoms with Crippen molar-refractivity contribution in [3.8, 4) is 5.75 Å². The van der Waals surface area contributed by atoms with Gasteiger partial charge in [-0.15, -0.1) is 0 Å². The Morgan fingerprint density at radius 1 is 1.08 bits per heavy atom. The fourth-order valence-electron chi connectivity index (χ4n) is 4.49. The quantitative estimate of drug-likeness (QED) is 0.773. The molecule has 4 heteroatoms. The molecule has 0 spiro atoms. The van der Waals surface area contributed by atoms with Gasteiger partial charge in [0.1, 0.15) is 5.75 Å². The van der Waals surface area contributed by atoms with Gasteiger partial charge < -0.3 is 9.64 Å². The molecule has 134 valence electrons. The van der Waals surface area contributed by atoms with E-state index in [2.05, 4.69) is 17.1 Å². The van der Waals surface area contributed by atoms with E-state index in [-0.39, 0.29) is 12.5 Å². The first-order chi connectivity index (χ1) is 12.2. The number of ether oxygens (including phenoxy) is 1. The summed E-state index contributed by atoms with van der Waals surface area (Å²) in [6.45, 7) is 7.02. The number of benzene rings is 1. The molecule has 1 amide bonds. The normalized spacial score (nSPS) is 28.5. The number of carbonyl (C=O) groups is 1. The highest BCUT2D eigenvalue weighted by Crippen LogP contribution is 2.43. The van der Waals surface area contributed by atoms with Crippen LogP contribution in [0.25, 0.3) is 0 Å². The Hall–Kier alpha value is -1.81. The molecule has 1 heterocycles. The fraction of sp³-hybridized carbons (Fsp3) is 0.571. The maximum Gasteiger partial charge on any atom is 0.260 e. The number of rotatable bonds is 5. The number of allylic oxidation sites excluding steroid dienone is 2. The van der Waals surface area contributed by atoms with Crippen LogP contribution in [-0.2, 0) is 4.79 Å². The van der Waals surface area contributed by atoms with E-state index >= 15 is 0 Å². The predicted molar refractivity (Wildman–Crippen MR) is 98.5 cm³/mol. The Balaban J connectivity index is 1.19. The standard InChI is InChI=1S/C21H28N2O2/c1-16-2-6-20(7-3-16)25-15-21(24)23-10-8-22(9-11-23)14-19-13-17-4-5-18(19)12-17/h2-7,17-19H,8-15H2,1H3/t17-,18-,19+/m0/s1. The van der Waals surface area contributed by atoms with Crippen molar-refractivity contribution in [2.75, 3.05) is 39.3 Å². The number of hydrogen-bond donors (Lipinski definition) is 0. The second-order valence-corrected chi connectivity index (χ2v) is 7.82. The van der Waals surface area contributed by atoms with Gasteiger partial charge in [0.05, 0.1) is 0 Å². The summed E-state index contributed by atoms with van der Waals surface area (Å²) < 4.78 is 5.63. The summed E-state index contributed by atoms with van der Waals surface area (Å²) in [6, 6.07) is 7.85. The molecule has 0 unspecified atom stereocenters. The van der Waals surface area contributed by atoms with Gasteiger partial charge in [-0.05, 0) is 49.7 Å². The Labute approximate surface area is 150 Å². The monoisotopic (exact) mass is 340 g/mol. The van der Waals surface area contributed by atoms with Crippen molar-refractivity contribution in [3.05, 3.63) is 42.0 Å². The van der Waals surface area contributed by atoms with Gasteiger partial charge in [0, 0.05) is 32.7 Å². The van der Waals surface area contributed by atoms with Crippen molar-refractivity contribution >= 4 is 5.91 Å². The molecule has 0 radical (unpaired) electrons. The van der Waals surface area contributed by atoms with Gasteiger partial charge in [-0.1, -0.05) is 29.8 Å². The number of amides is 1. The number of carbonyl (C=O) groups excluding carboxylic acids is 1. The molecule has 4 rings (SSSR count). The Morgan fingerprint density at radius 2 is 1.84 bits per heavy atom. The first kappa shape index (κ1) is 16.6. The lowest BCUT2D eigenvalue weighted by molar-refractivity contribution is -0.135. The maximum absolute atomic E-state index is 12.4. The lowest BCUT2D eigenvalue weighted by atomic mass is 9.93. The van der Waals surface area contributed by atoms with E-state index < -0.39 is 0 Å². The molecule has 2 fully saturated rings.